The Hall–Kier alpha value is -4.36. The van der Waals surface area contributed by atoms with E-state index < -0.39 is 17.6 Å². The number of alkyl halides is 3. The van der Waals surface area contributed by atoms with Gasteiger partial charge in [-0.15, -0.1) is 0 Å². The number of likely N-dealkylation sites (N-methyl/N-ethyl adjacent to an activating group) is 1. The largest absolute Gasteiger partial charge is 0.416 e. The highest BCUT2D eigenvalue weighted by Crippen LogP contribution is 2.32. The van der Waals surface area contributed by atoms with E-state index in [0.29, 0.717) is 18.2 Å². The fourth-order valence-corrected chi connectivity index (χ4v) is 4.34. The molecule has 0 unspecified atom stereocenters. The fraction of sp³-hybridized carbons (Fsp3) is 0.259. The molecule has 1 aliphatic heterocycles. The Morgan fingerprint density at radius 1 is 1.15 bits per heavy atom. The van der Waals surface area contributed by atoms with Gasteiger partial charge in [0.25, 0.3) is 5.91 Å². The topological polar surface area (TPSA) is 138 Å². The Kier molecular flexibility index (Phi) is 8.98. The van der Waals surface area contributed by atoms with Crippen LogP contribution in [0, 0.1) is 0 Å². The van der Waals surface area contributed by atoms with Crippen molar-refractivity contribution in [2.45, 2.75) is 12.6 Å². The Labute approximate surface area is 239 Å². The Bertz CT molecular complexity index is 1480. The van der Waals surface area contributed by atoms with E-state index in [1.54, 1.807) is 0 Å². The third-order valence-electron chi connectivity index (χ3n) is 6.31. The monoisotopic (exact) mass is 587 g/mol. The molecule has 0 saturated carbocycles. The van der Waals surface area contributed by atoms with E-state index in [4.69, 9.17) is 23.1 Å². The van der Waals surface area contributed by atoms with Crippen molar-refractivity contribution in [1.29, 1.82) is 0 Å². The van der Waals surface area contributed by atoms with E-state index in [-0.39, 0.29) is 39.3 Å². The van der Waals surface area contributed by atoms with E-state index in [0.717, 1.165) is 38.2 Å². The normalized spacial score (nSPS) is 14.9. The highest BCUT2D eigenvalue weighted by Gasteiger charge is 2.30. The second kappa shape index (κ2) is 12.4. The zero-order valence-corrected chi connectivity index (χ0v) is 22.9. The van der Waals surface area contributed by atoms with Gasteiger partial charge in [0, 0.05) is 30.9 Å². The zero-order valence-electron chi connectivity index (χ0n) is 22.2. The molecule has 0 atom stereocenters. The summed E-state index contributed by atoms with van der Waals surface area (Å²) in [5.41, 5.74) is 12.5. The number of anilines is 4. The van der Waals surface area contributed by atoms with Gasteiger partial charge in [0.05, 0.1) is 16.3 Å². The number of amidine groups is 1. The molecular weight excluding hydrogens is 559 g/mol. The van der Waals surface area contributed by atoms with Gasteiger partial charge in [0.1, 0.15) is 11.4 Å². The number of carbonyl (C=O) groups excluding carboxylic acids is 1. The number of hydrogen-bond acceptors (Lipinski definition) is 8. The summed E-state index contributed by atoms with van der Waals surface area (Å²) in [5.74, 6) is -0.194. The van der Waals surface area contributed by atoms with Gasteiger partial charge in [-0.05, 0) is 62.6 Å². The van der Waals surface area contributed by atoms with Crippen LogP contribution in [-0.2, 0) is 6.18 Å². The molecule has 2 aromatic carbocycles. The smallest absolute Gasteiger partial charge is 0.382 e. The molecule has 3 aromatic rings. The number of benzene rings is 2. The van der Waals surface area contributed by atoms with Crippen LogP contribution in [0.25, 0.3) is 0 Å². The van der Waals surface area contributed by atoms with E-state index in [1.165, 1.54) is 36.5 Å². The highest BCUT2D eigenvalue weighted by molar-refractivity contribution is 6.33. The number of nitrogen functional groups attached to an aromatic ring is 1. The zero-order chi connectivity index (χ0) is 29.7. The number of rotatable bonds is 7. The first-order chi connectivity index (χ1) is 19.5. The molecule has 1 fully saturated rings. The maximum absolute atomic E-state index is 13.1. The van der Waals surface area contributed by atoms with Crippen molar-refractivity contribution >= 4 is 52.2 Å². The molecule has 216 valence electrons. The molecule has 14 heteroatoms. The lowest BCUT2D eigenvalue weighted by atomic mass is 10.1. The van der Waals surface area contributed by atoms with Crippen LogP contribution in [0.15, 0.2) is 60.2 Å². The molecule has 0 bridgehead atoms. The van der Waals surface area contributed by atoms with Crippen LogP contribution in [0.4, 0.5) is 42.0 Å². The predicted molar refractivity (Wildman–Crippen MR) is 156 cm³/mol. The molecule has 6 N–H and O–H groups in total. The molecule has 4 rings (SSSR count). The minimum absolute atomic E-state index is 0.0202. The van der Waals surface area contributed by atoms with Crippen LogP contribution < -0.4 is 27.0 Å². The molecule has 10 nitrogen and oxygen atoms in total. The molecule has 1 amide bonds. The predicted octanol–water partition coefficient (Wildman–Crippen LogP) is 4.72. The van der Waals surface area contributed by atoms with Gasteiger partial charge < -0.3 is 31.9 Å². The SMILES string of the molecule is C=CNc1c(N)nc(N2CCCN(C)CC2)nc1C(N)=Nc1cc(C(=O)Nc2cccc(C(F)(F)F)c2)ccc1Cl. The van der Waals surface area contributed by atoms with Crippen LogP contribution in [0.5, 0.6) is 0 Å². The molecule has 1 saturated heterocycles. The lowest BCUT2D eigenvalue weighted by Gasteiger charge is -2.22. The van der Waals surface area contributed by atoms with Gasteiger partial charge in [0.15, 0.2) is 11.7 Å². The van der Waals surface area contributed by atoms with Crippen LogP contribution in [-0.4, -0.2) is 59.8 Å². The van der Waals surface area contributed by atoms with Gasteiger partial charge >= 0.3 is 6.18 Å². The molecule has 0 aliphatic carbocycles. The first-order valence-corrected chi connectivity index (χ1v) is 12.9. The Morgan fingerprint density at radius 2 is 1.93 bits per heavy atom. The van der Waals surface area contributed by atoms with Gasteiger partial charge in [-0.25, -0.2) is 9.98 Å². The van der Waals surface area contributed by atoms with Gasteiger partial charge in [0.2, 0.25) is 5.95 Å². The van der Waals surface area contributed by atoms with Crippen molar-refractivity contribution in [3.63, 3.8) is 0 Å². The second-order valence-electron chi connectivity index (χ2n) is 9.32. The number of amides is 1. The first-order valence-electron chi connectivity index (χ1n) is 12.6. The highest BCUT2D eigenvalue weighted by atomic mass is 35.5. The Morgan fingerprint density at radius 3 is 2.66 bits per heavy atom. The maximum Gasteiger partial charge on any atom is 0.416 e. The van der Waals surface area contributed by atoms with Crippen LogP contribution >= 0.6 is 11.6 Å². The second-order valence-corrected chi connectivity index (χ2v) is 9.73. The average Bonchev–Trinajstić information content (AvgIpc) is 3.15. The third-order valence-corrected chi connectivity index (χ3v) is 6.63. The van der Waals surface area contributed by atoms with Crippen molar-refractivity contribution in [2.75, 3.05) is 54.5 Å². The van der Waals surface area contributed by atoms with Gasteiger partial charge in [-0.1, -0.05) is 24.2 Å². The van der Waals surface area contributed by atoms with Crippen LogP contribution in [0.3, 0.4) is 0 Å². The first kappa shape index (κ1) is 29.6. The van der Waals surface area contributed by atoms with Crippen LogP contribution in [0.2, 0.25) is 5.02 Å². The summed E-state index contributed by atoms with van der Waals surface area (Å²) in [6, 6.07) is 8.55. The van der Waals surface area contributed by atoms with E-state index >= 15 is 0 Å². The number of aliphatic imine (C=N–C) groups is 1. The number of halogens is 4. The maximum atomic E-state index is 13.1. The molecule has 1 aliphatic rings. The summed E-state index contributed by atoms with van der Waals surface area (Å²) in [4.78, 5) is 30.6. The molecule has 41 heavy (non-hydrogen) atoms. The summed E-state index contributed by atoms with van der Waals surface area (Å²) in [7, 11) is 2.05. The summed E-state index contributed by atoms with van der Waals surface area (Å²) in [6.45, 7) is 6.84. The van der Waals surface area contributed by atoms with Crippen LogP contribution in [0.1, 0.15) is 28.0 Å². The number of carbonyl (C=O) groups is 1. The number of aromatic nitrogens is 2. The van der Waals surface area contributed by atoms with E-state index in [1.807, 2.05) is 11.9 Å². The number of nitrogens with two attached hydrogens (primary N) is 2. The molecular formula is C27H29ClF3N9O. The van der Waals surface area contributed by atoms with Crippen molar-refractivity contribution < 1.29 is 18.0 Å². The third kappa shape index (κ3) is 7.24. The Balaban J connectivity index is 1.66. The van der Waals surface area contributed by atoms with Crippen molar-refractivity contribution in [1.82, 2.24) is 14.9 Å². The number of hydrogen-bond donors (Lipinski definition) is 4. The minimum atomic E-state index is -4.55. The van der Waals surface area contributed by atoms with Gasteiger partial charge in [-0.2, -0.15) is 18.2 Å². The van der Waals surface area contributed by atoms with Crippen molar-refractivity contribution in [2.24, 2.45) is 10.7 Å². The lowest BCUT2D eigenvalue weighted by Crippen LogP contribution is -2.31. The van der Waals surface area contributed by atoms with E-state index in [9.17, 15) is 18.0 Å². The summed E-state index contributed by atoms with van der Waals surface area (Å²) in [5, 5.41) is 5.54. The van der Waals surface area contributed by atoms with E-state index in [2.05, 4.69) is 37.1 Å². The molecule has 2 heterocycles. The molecule has 0 spiro atoms. The van der Waals surface area contributed by atoms with Crippen molar-refractivity contribution in [3.05, 3.63) is 77.1 Å². The van der Waals surface area contributed by atoms with Crippen molar-refractivity contribution in [3.8, 4) is 0 Å². The fourth-order valence-electron chi connectivity index (χ4n) is 4.18. The standard InChI is InChI=1S/C27H29ClF3N9O/c1-3-34-21-22(37-26(38-23(21)32)40-11-5-10-39(2)12-13-40)24(33)36-20-14-16(8-9-19(20)28)25(41)35-18-7-4-6-17(15-18)27(29,30)31/h3-4,6-9,14-15,34H,1,5,10-13H2,2H3,(H2,33,36)(H,35,41)(H2,32,37,38). The summed E-state index contributed by atoms with van der Waals surface area (Å²) >= 11 is 6.36. The number of nitrogens with zero attached hydrogens (tertiary/aromatic N) is 5. The average molecular weight is 588 g/mol. The summed E-state index contributed by atoms with van der Waals surface area (Å²) in [6.07, 6.45) is -2.23. The quantitative estimate of drug-likeness (QED) is 0.230. The molecule has 1 aromatic heterocycles. The number of nitrogens with one attached hydrogen (secondary N) is 2. The summed E-state index contributed by atoms with van der Waals surface area (Å²) < 4.78 is 39.2. The minimum Gasteiger partial charge on any atom is -0.382 e. The lowest BCUT2D eigenvalue weighted by molar-refractivity contribution is -0.137. The van der Waals surface area contributed by atoms with Gasteiger partial charge in [-0.3, -0.25) is 4.79 Å². The molecule has 0 radical (unpaired) electrons.